The van der Waals surface area contributed by atoms with Gasteiger partial charge in [0.1, 0.15) is 18.2 Å². The highest BCUT2D eigenvalue weighted by Crippen LogP contribution is 2.22. The van der Waals surface area contributed by atoms with Gasteiger partial charge < -0.3 is 19.9 Å². The Morgan fingerprint density at radius 3 is 2.86 bits per heavy atom. The Morgan fingerprint density at radius 2 is 2.09 bits per heavy atom. The summed E-state index contributed by atoms with van der Waals surface area (Å²) in [7, 11) is 1.64. The Kier molecular flexibility index (Phi) is 4.60. The third-order valence-corrected chi connectivity index (χ3v) is 4.24. The van der Waals surface area contributed by atoms with Gasteiger partial charge in [-0.05, 0) is 19.3 Å². The Labute approximate surface area is 130 Å². The minimum atomic E-state index is -0.0530. The van der Waals surface area contributed by atoms with Crippen molar-refractivity contribution in [2.45, 2.75) is 31.8 Å². The molecule has 0 unspecified atom stereocenters. The van der Waals surface area contributed by atoms with Crippen LogP contribution in [0, 0.1) is 0 Å². The zero-order chi connectivity index (χ0) is 15.4. The molecule has 1 atom stereocenters. The highest BCUT2D eigenvalue weighted by Gasteiger charge is 2.27. The molecule has 0 bridgehead atoms. The van der Waals surface area contributed by atoms with Gasteiger partial charge in [-0.15, -0.1) is 0 Å². The Bertz CT molecular complexity index is 518. The quantitative estimate of drug-likeness (QED) is 0.910. The zero-order valence-electron chi connectivity index (χ0n) is 13.0. The Balaban J connectivity index is 1.60. The number of carbonyl (C=O) groups excluding carboxylic acids is 1. The van der Waals surface area contributed by atoms with Crippen LogP contribution in [0.25, 0.3) is 0 Å². The molecule has 2 fully saturated rings. The Morgan fingerprint density at radius 1 is 1.27 bits per heavy atom. The van der Waals surface area contributed by atoms with Crippen LogP contribution in [0.4, 0.5) is 10.6 Å². The molecule has 7 nitrogen and oxygen atoms in total. The minimum absolute atomic E-state index is 0.00130. The summed E-state index contributed by atoms with van der Waals surface area (Å²) >= 11 is 0. The molecule has 0 radical (unpaired) electrons. The standard InChI is InChI=1S/C15H23N5O2/c1-16-15(21)20-8-5-12(10-20)22-14-9-13(17-11-18-14)19-6-3-2-4-7-19/h9,11-12H,2-8,10H2,1H3,(H,16,21)/t12-/m1/s1. The van der Waals surface area contributed by atoms with E-state index in [9.17, 15) is 4.79 Å². The molecular formula is C15H23N5O2. The number of hydrogen-bond donors (Lipinski definition) is 1. The fourth-order valence-electron chi connectivity index (χ4n) is 3.03. The van der Waals surface area contributed by atoms with E-state index in [1.165, 1.54) is 19.3 Å². The van der Waals surface area contributed by atoms with Gasteiger partial charge in [-0.3, -0.25) is 0 Å². The number of rotatable bonds is 3. The predicted octanol–water partition coefficient (Wildman–Crippen LogP) is 1.26. The van der Waals surface area contributed by atoms with Gasteiger partial charge in [0.2, 0.25) is 5.88 Å². The number of nitrogens with one attached hydrogen (secondary N) is 1. The number of ether oxygens (including phenoxy) is 1. The van der Waals surface area contributed by atoms with Gasteiger partial charge in [0.25, 0.3) is 0 Å². The van der Waals surface area contributed by atoms with E-state index in [1.807, 2.05) is 6.07 Å². The molecule has 1 aromatic rings. The summed E-state index contributed by atoms with van der Waals surface area (Å²) in [5.41, 5.74) is 0. The van der Waals surface area contributed by atoms with E-state index >= 15 is 0 Å². The van der Waals surface area contributed by atoms with Gasteiger partial charge >= 0.3 is 6.03 Å². The highest BCUT2D eigenvalue weighted by atomic mass is 16.5. The third kappa shape index (κ3) is 3.40. The lowest BCUT2D eigenvalue weighted by Gasteiger charge is -2.27. The summed E-state index contributed by atoms with van der Waals surface area (Å²) < 4.78 is 5.93. The number of likely N-dealkylation sites (tertiary alicyclic amines) is 1. The molecule has 0 aliphatic carbocycles. The fourth-order valence-corrected chi connectivity index (χ4v) is 3.03. The van der Waals surface area contributed by atoms with Crippen molar-refractivity contribution in [3.8, 4) is 5.88 Å². The van der Waals surface area contributed by atoms with Crippen molar-refractivity contribution in [1.29, 1.82) is 0 Å². The molecule has 22 heavy (non-hydrogen) atoms. The average Bonchev–Trinajstić information content (AvgIpc) is 3.04. The van der Waals surface area contributed by atoms with Crippen molar-refractivity contribution in [2.24, 2.45) is 0 Å². The summed E-state index contributed by atoms with van der Waals surface area (Å²) in [4.78, 5) is 24.2. The van der Waals surface area contributed by atoms with E-state index in [0.717, 1.165) is 25.3 Å². The normalized spacial score (nSPS) is 21.8. The number of aromatic nitrogens is 2. The molecule has 7 heteroatoms. The van der Waals surface area contributed by atoms with Crippen molar-refractivity contribution in [3.63, 3.8) is 0 Å². The number of urea groups is 1. The molecule has 3 heterocycles. The number of anilines is 1. The topological polar surface area (TPSA) is 70.6 Å². The van der Waals surface area contributed by atoms with E-state index in [1.54, 1.807) is 18.3 Å². The summed E-state index contributed by atoms with van der Waals surface area (Å²) in [6, 6.07) is 1.86. The molecule has 2 aliphatic rings. The van der Waals surface area contributed by atoms with E-state index in [4.69, 9.17) is 4.74 Å². The van der Waals surface area contributed by atoms with Gasteiger partial charge in [0.05, 0.1) is 6.54 Å². The van der Waals surface area contributed by atoms with Crippen LogP contribution in [-0.4, -0.2) is 60.2 Å². The lowest BCUT2D eigenvalue weighted by atomic mass is 10.1. The molecule has 120 valence electrons. The molecule has 1 aromatic heterocycles. The second-order valence-electron chi connectivity index (χ2n) is 5.79. The van der Waals surface area contributed by atoms with Crippen molar-refractivity contribution in [2.75, 3.05) is 38.1 Å². The maximum Gasteiger partial charge on any atom is 0.317 e. The van der Waals surface area contributed by atoms with Crippen LogP contribution in [-0.2, 0) is 0 Å². The SMILES string of the molecule is CNC(=O)N1CC[C@@H](Oc2cc(N3CCCCC3)ncn2)C1. The average molecular weight is 305 g/mol. The van der Waals surface area contributed by atoms with Gasteiger partial charge in [0, 0.05) is 39.2 Å². The number of carbonyl (C=O) groups is 1. The molecule has 2 amide bonds. The van der Waals surface area contributed by atoms with Crippen LogP contribution in [0.2, 0.25) is 0 Å². The van der Waals surface area contributed by atoms with Crippen LogP contribution >= 0.6 is 0 Å². The van der Waals surface area contributed by atoms with E-state index in [-0.39, 0.29) is 12.1 Å². The van der Waals surface area contributed by atoms with E-state index in [2.05, 4.69) is 20.2 Å². The van der Waals surface area contributed by atoms with E-state index < -0.39 is 0 Å². The molecule has 0 saturated carbocycles. The summed E-state index contributed by atoms with van der Waals surface area (Å²) in [6.45, 7) is 3.41. The van der Waals surface area contributed by atoms with Crippen molar-refractivity contribution < 1.29 is 9.53 Å². The molecular weight excluding hydrogens is 282 g/mol. The second kappa shape index (κ2) is 6.81. The highest BCUT2D eigenvalue weighted by molar-refractivity contribution is 5.74. The molecule has 1 N–H and O–H groups in total. The lowest BCUT2D eigenvalue weighted by molar-refractivity contribution is 0.184. The van der Waals surface area contributed by atoms with Gasteiger partial charge in [0.15, 0.2) is 0 Å². The third-order valence-electron chi connectivity index (χ3n) is 4.24. The number of amides is 2. The number of piperidine rings is 1. The molecule has 2 aliphatic heterocycles. The van der Waals surface area contributed by atoms with Crippen LogP contribution in [0.15, 0.2) is 12.4 Å². The van der Waals surface area contributed by atoms with Crippen LogP contribution in [0.1, 0.15) is 25.7 Å². The maximum atomic E-state index is 11.6. The maximum absolute atomic E-state index is 11.6. The predicted molar refractivity (Wildman–Crippen MR) is 83.2 cm³/mol. The monoisotopic (exact) mass is 305 g/mol. The first kappa shape index (κ1) is 14.9. The summed E-state index contributed by atoms with van der Waals surface area (Å²) in [6.07, 6.45) is 6.11. The minimum Gasteiger partial charge on any atom is -0.472 e. The number of nitrogens with zero attached hydrogens (tertiary/aromatic N) is 4. The molecule has 2 saturated heterocycles. The van der Waals surface area contributed by atoms with Crippen LogP contribution < -0.4 is 15.0 Å². The fraction of sp³-hybridized carbons (Fsp3) is 0.667. The summed E-state index contributed by atoms with van der Waals surface area (Å²) in [5.74, 6) is 1.53. The van der Waals surface area contributed by atoms with Gasteiger partial charge in [-0.25, -0.2) is 14.8 Å². The van der Waals surface area contributed by atoms with Gasteiger partial charge in [-0.1, -0.05) is 0 Å². The van der Waals surface area contributed by atoms with Crippen molar-refractivity contribution in [3.05, 3.63) is 12.4 Å². The second-order valence-corrected chi connectivity index (χ2v) is 5.79. The Hall–Kier alpha value is -2.05. The van der Waals surface area contributed by atoms with E-state index in [0.29, 0.717) is 19.0 Å². The summed E-state index contributed by atoms with van der Waals surface area (Å²) in [5, 5.41) is 2.64. The molecule has 0 aromatic carbocycles. The van der Waals surface area contributed by atoms with Crippen LogP contribution in [0.5, 0.6) is 5.88 Å². The largest absolute Gasteiger partial charge is 0.472 e. The van der Waals surface area contributed by atoms with Gasteiger partial charge in [-0.2, -0.15) is 0 Å². The van der Waals surface area contributed by atoms with Crippen molar-refractivity contribution >= 4 is 11.8 Å². The first-order valence-corrected chi connectivity index (χ1v) is 7.96. The first-order chi connectivity index (χ1) is 10.8. The number of hydrogen-bond acceptors (Lipinski definition) is 5. The smallest absolute Gasteiger partial charge is 0.317 e. The molecule has 0 spiro atoms. The zero-order valence-corrected chi connectivity index (χ0v) is 13.0. The first-order valence-electron chi connectivity index (χ1n) is 7.96. The lowest BCUT2D eigenvalue weighted by Crippen LogP contribution is -2.37. The van der Waals surface area contributed by atoms with Crippen LogP contribution in [0.3, 0.4) is 0 Å². The molecule has 3 rings (SSSR count). The van der Waals surface area contributed by atoms with Crippen molar-refractivity contribution in [1.82, 2.24) is 20.2 Å².